The first-order valence-corrected chi connectivity index (χ1v) is 4.88. The fourth-order valence-electron chi connectivity index (χ4n) is 1.34. The Morgan fingerprint density at radius 2 is 2.50 bits per heavy atom. The third kappa shape index (κ3) is 1.93. The minimum Gasteiger partial charge on any atom is -0.308 e. The molecule has 14 heavy (non-hydrogen) atoms. The number of alkyl halides is 1. The van der Waals surface area contributed by atoms with Crippen LogP contribution in [-0.4, -0.2) is 49.3 Å². The summed E-state index contributed by atoms with van der Waals surface area (Å²) in [6, 6.07) is -0.120. The van der Waals surface area contributed by atoms with Gasteiger partial charge in [0.1, 0.15) is 6.34 Å². The van der Waals surface area contributed by atoms with Gasteiger partial charge in [0.25, 0.3) is 0 Å². The van der Waals surface area contributed by atoms with Crippen LogP contribution in [0.15, 0.2) is 9.98 Å². The summed E-state index contributed by atoms with van der Waals surface area (Å²) in [5.74, 6) is 1.20. The highest BCUT2D eigenvalue weighted by molar-refractivity contribution is 6.19. The van der Waals surface area contributed by atoms with Crippen molar-refractivity contribution in [2.45, 2.75) is 6.42 Å². The van der Waals surface area contributed by atoms with Crippen molar-refractivity contribution in [1.82, 2.24) is 5.32 Å². The Morgan fingerprint density at radius 1 is 1.79 bits per heavy atom. The summed E-state index contributed by atoms with van der Waals surface area (Å²) in [6.45, 7) is 0.384. The van der Waals surface area contributed by atoms with Crippen molar-refractivity contribution in [3.05, 3.63) is 0 Å². The van der Waals surface area contributed by atoms with Crippen molar-refractivity contribution < 1.29 is 9.28 Å². The highest BCUT2D eigenvalue weighted by Gasteiger charge is 2.38. The molecule has 1 aliphatic heterocycles. The molecule has 0 aromatic carbocycles. The molecule has 0 spiro atoms. The molecule has 78 valence electrons. The molecule has 0 aliphatic carbocycles. The van der Waals surface area contributed by atoms with Gasteiger partial charge in [-0.2, -0.15) is 9.48 Å². The van der Waals surface area contributed by atoms with Gasteiger partial charge in [-0.25, -0.2) is 9.79 Å². The molecule has 5 nitrogen and oxygen atoms in total. The van der Waals surface area contributed by atoms with Gasteiger partial charge in [-0.15, -0.1) is 11.6 Å². The number of carbonyl (C=O) groups is 1. The van der Waals surface area contributed by atoms with Gasteiger partial charge < -0.3 is 5.32 Å². The van der Waals surface area contributed by atoms with Gasteiger partial charge in [0.05, 0.1) is 13.5 Å². The molecule has 1 heterocycles. The summed E-state index contributed by atoms with van der Waals surface area (Å²) in [5, 5.41) is 2.60. The molecule has 1 aliphatic rings. The standard InChI is InChI=1S/C8H13ClN4O/c1-10-8(14)13(2)6-11-5-12-7(13)3-4-9/h5H,3-4,6H2,1-2H3/p+1. The molecule has 1 rings (SSSR count). The molecule has 0 saturated heterocycles. The van der Waals surface area contributed by atoms with Crippen molar-refractivity contribution in [3.63, 3.8) is 0 Å². The average Bonchev–Trinajstić information content (AvgIpc) is 2.20. The van der Waals surface area contributed by atoms with Crippen LogP contribution in [0.25, 0.3) is 0 Å². The van der Waals surface area contributed by atoms with Gasteiger partial charge in [-0.05, 0) is 0 Å². The van der Waals surface area contributed by atoms with E-state index in [0.29, 0.717) is 19.0 Å². The number of aliphatic imine (C=N–C) groups is 2. The first kappa shape index (κ1) is 11.1. The Bertz CT molecular complexity index is 289. The van der Waals surface area contributed by atoms with Crippen molar-refractivity contribution >= 4 is 29.8 Å². The van der Waals surface area contributed by atoms with E-state index in [2.05, 4.69) is 15.3 Å². The number of quaternary nitrogens is 1. The number of amidine groups is 1. The van der Waals surface area contributed by atoms with Crippen LogP contribution in [-0.2, 0) is 0 Å². The van der Waals surface area contributed by atoms with E-state index >= 15 is 0 Å². The molecule has 0 fully saturated rings. The highest BCUT2D eigenvalue weighted by Crippen LogP contribution is 2.12. The first-order valence-electron chi connectivity index (χ1n) is 4.34. The van der Waals surface area contributed by atoms with Crippen LogP contribution in [0, 0.1) is 0 Å². The van der Waals surface area contributed by atoms with E-state index < -0.39 is 0 Å². The van der Waals surface area contributed by atoms with Crippen LogP contribution in [0.5, 0.6) is 0 Å². The molecule has 6 heteroatoms. The van der Waals surface area contributed by atoms with Crippen LogP contribution in [0.1, 0.15) is 6.42 Å². The number of hydrogen-bond donors (Lipinski definition) is 1. The third-order valence-corrected chi connectivity index (χ3v) is 2.39. The first-order chi connectivity index (χ1) is 6.65. The average molecular weight is 218 g/mol. The number of amides is 2. The molecule has 1 N–H and O–H groups in total. The predicted octanol–water partition coefficient (Wildman–Crippen LogP) is 0.799. The number of nitrogens with one attached hydrogen (secondary N) is 1. The van der Waals surface area contributed by atoms with E-state index in [-0.39, 0.29) is 10.5 Å². The van der Waals surface area contributed by atoms with Gasteiger partial charge in [0.15, 0.2) is 6.67 Å². The topological polar surface area (TPSA) is 53.8 Å². The lowest BCUT2D eigenvalue weighted by Gasteiger charge is -2.30. The predicted molar refractivity (Wildman–Crippen MR) is 56.8 cm³/mol. The zero-order chi connectivity index (χ0) is 10.6. The van der Waals surface area contributed by atoms with Gasteiger partial charge in [0, 0.05) is 12.9 Å². The Labute approximate surface area is 88.1 Å². The van der Waals surface area contributed by atoms with E-state index in [1.807, 2.05) is 0 Å². The van der Waals surface area contributed by atoms with Crippen molar-refractivity contribution in [1.29, 1.82) is 0 Å². The lowest BCUT2D eigenvalue weighted by molar-refractivity contribution is -0.737. The second-order valence-electron chi connectivity index (χ2n) is 3.17. The van der Waals surface area contributed by atoms with Gasteiger partial charge >= 0.3 is 6.03 Å². The number of carbonyl (C=O) groups excluding carboxylic acids is 1. The lowest BCUT2D eigenvalue weighted by Crippen LogP contribution is -2.58. The normalized spacial score (nSPS) is 25.8. The van der Waals surface area contributed by atoms with E-state index in [1.54, 1.807) is 14.1 Å². The molecular weight excluding hydrogens is 204 g/mol. The summed E-state index contributed by atoms with van der Waals surface area (Å²) >= 11 is 5.64. The minimum absolute atomic E-state index is 0.0692. The second kappa shape index (κ2) is 4.52. The summed E-state index contributed by atoms with van der Waals surface area (Å²) in [4.78, 5) is 19.7. The number of halogens is 1. The van der Waals surface area contributed by atoms with E-state index in [1.165, 1.54) is 6.34 Å². The van der Waals surface area contributed by atoms with Crippen molar-refractivity contribution in [2.24, 2.45) is 9.98 Å². The number of urea groups is 1. The molecular formula is C8H14ClN4O+. The molecule has 2 amide bonds. The molecule has 1 unspecified atom stereocenters. The molecule has 0 bridgehead atoms. The molecule has 1 atom stereocenters. The van der Waals surface area contributed by atoms with E-state index in [0.717, 1.165) is 5.84 Å². The summed E-state index contributed by atoms with van der Waals surface area (Å²) in [5.41, 5.74) is 0. The Balaban J connectivity index is 2.91. The third-order valence-electron chi connectivity index (χ3n) is 2.20. The van der Waals surface area contributed by atoms with Gasteiger partial charge in [-0.3, -0.25) is 0 Å². The SMILES string of the molecule is CNC(=O)[N+]1(C)CN=CN=C1CCCl. The highest BCUT2D eigenvalue weighted by atomic mass is 35.5. The van der Waals surface area contributed by atoms with Crippen LogP contribution in [0.4, 0.5) is 4.79 Å². The lowest BCUT2D eigenvalue weighted by atomic mass is 10.3. The number of rotatable bonds is 2. The zero-order valence-corrected chi connectivity index (χ0v) is 9.08. The summed E-state index contributed by atoms with van der Waals surface area (Å²) < 4.78 is 0.0692. The molecule has 0 saturated carbocycles. The van der Waals surface area contributed by atoms with Crippen LogP contribution in [0.2, 0.25) is 0 Å². The smallest absolute Gasteiger partial charge is 0.308 e. The number of nitrogens with zero attached hydrogens (tertiary/aromatic N) is 3. The maximum atomic E-state index is 11.6. The summed E-state index contributed by atoms with van der Waals surface area (Å²) in [6.07, 6.45) is 2.07. The van der Waals surface area contributed by atoms with Crippen LogP contribution >= 0.6 is 11.6 Å². The minimum atomic E-state index is -0.120. The zero-order valence-electron chi connectivity index (χ0n) is 8.33. The maximum Gasteiger partial charge on any atom is 0.423 e. The molecule has 0 radical (unpaired) electrons. The fourth-order valence-corrected chi connectivity index (χ4v) is 1.51. The maximum absolute atomic E-state index is 11.6. The Morgan fingerprint density at radius 3 is 3.07 bits per heavy atom. The quantitative estimate of drug-likeness (QED) is 0.540. The molecule has 0 aromatic heterocycles. The number of hydrogen-bond acceptors (Lipinski definition) is 3. The largest absolute Gasteiger partial charge is 0.423 e. The van der Waals surface area contributed by atoms with Crippen molar-refractivity contribution in [2.75, 3.05) is 26.6 Å². The van der Waals surface area contributed by atoms with Crippen LogP contribution < -0.4 is 5.32 Å². The second-order valence-corrected chi connectivity index (χ2v) is 3.55. The van der Waals surface area contributed by atoms with E-state index in [9.17, 15) is 4.79 Å². The Hall–Kier alpha value is -0.940. The van der Waals surface area contributed by atoms with Crippen molar-refractivity contribution in [3.8, 4) is 0 Å². The van der Waals surface area contributed by atoms with Gasteiger partial charge in [0.2, 0.25) is 5.84 Å². The fraction of sp³-hybridized carbons (Fsp3) is 0.625. The Kier molecular flexibility index (Phi) is 3.60. The molecule has 0 aromatic rings. The monoisotopic (exact) mass is 217 g/mol. The van der Waals surface area contributed by atoms with E-state index in [4.69, 9.17) is 11.6 Å². The van der Waals surface area contributed by atoms with Crippen LogP contribution in [0.3, 0.4) is 0 Å². The van der Waals surface area contributed by atoms with Gasteiger partial charge in [-0.1, -0.05) is 0 Å². The summed E-state index contributed by atoms with van der Waals surface area (Å²) in [7, 11) is 3.38.